The Hall–Kier alpha value is -4.41. The van der Waals surface area contributed by atoms with E-state index >= 15 is 0 Å². The predicted molar refractivity (Wildman–Crippen MR) is 126 cm³/mol. The van der Waals surface area contributed by atoms with Crippen molar-refractivity contribution in [2.24, 2.45) is 5.10 Å². The lowest BCUT2D eigenvalue weighted by Gasteiger charge is -2.09. The van der Waals surface area contributed by atoms with Gasteiger partial charge < -0.3 is 10.1 Å². The van der Waals surface area contributed by atoms with Crippen LogP contribution in [0.15, 0.2) is 65.8 Å². The number of carbonyl (C=O) groups excluding carboxylic acids is 1. The third-order valence-electron chi connectivity index (χ3n) is 4.94. The Labute approximate surface area is 198 Å². The van der Waals surface area contributed by atoms with Gasteiger partial charge in [0, 0.05) is 11.8 Å². The number of hydrazone groups is 1. The summed E-state index contributed by atoms with van der Waals surface area (Å²) in [6, 6.07) is 14.2. The number of hydrogen-bond donors (Lipinski definition) is 2. The molecule has 11 heteroatoms. The van der Waals surface area contributed by atoms with Gasteiger partial charge in [0.1, 0.15) is 11.4 Å². The summed E-state index contributed by atoms with van der Waals surface area (Å²) in [4.78, 5) is 22.4. The number of benzene rings is 3. The molecule has 0 heterocycles. The Morgan fingerprint density at radius 1 is 1.09 bits per heavy atom. The lowest BCUT2D eigenvalue weighted by molar-refractivity contribution is -0.384. The van der Waals surface area contributed by atoms with Gasteiger partial charge >= 0.3 is 6.18 Å². The summed E-state index contributed by atoms with van der Waals surface area (Å²) in [6.45, 7) is 3.68. The number of nitro benzene ring substituents is 1. The molecule has 0 unspecified atom stereocenters. The molecular weight excluding hydrogens is 465 g/mol. The van der Waals surface area contributed by atoms with Crippen LogP contribution in [0.3, 0.4) is 0 Å². The van der Waals surface area contributed by atoms with Gasteiger partial charge in [0.2, 0.25) is 0 Å². The summed E-state index contributed by atoms with van der Waals surface area (Å²) < 4.78 is 44.0. The molecule has 0 bridgehead atoms. The van der Waals surface area contributed by atoms with Crippen LogP contribution >= 0.6 is 0 Å². The topological polar surface area (TPSA) is 106 Å². The summed E-state index contributed by atoms with van der Waals surface area (Å²) >= 11 is 0. The Balaban J connectivity index is 1.61. The number of anilines is 2. The Morgan fingerprint density at radius 3 is 2.54 bits per heavy atom. The second kappa shape index (κ2) is 10.7. The molecular formula is C24H21F3N4O4. The standard InChI is InChI=1S/C24H21F3N4O4/c1-15-6-8-19(10-16(15)2)29-23(32)14-35-20-5-3-4-17(11-20)13-28-30-21-9-7-18(24(25,26)27)12-22(21)31(33)34/h3-13,30H,14H2,1-2H3,(H,29,32)/b28-13+. The monoisotopic (exact) mass is 486 g/mol. The number of nitrogens with one attached hydrogen (secondary N) is 2. The third kappa shape index (κ3) is 7.03. The van der Waals surface area contributed by atoms with Gasteiger partial charge in [-0.3, -0.25) is 20.3 Å². The molecule has 3 aromatic rings. The normalized spacial score (nSPS) is 11.3. The molecule has 0 aromatic heterocycles. The van der Waals surface area contributed by atoms with Crippen LogP contribution in [0.4, 0.5) is 30.2 Å². The molecule has 2 N–H and O–H groups in total. The fraction of sp³-hybridized carbons (Fsp3) is 0.167. The van der Waals surface area contributed by atoms with E-state index in [0.29, 0.717) is 23.1 Å². The van der Waals surface area contributed by atoms with E-state index in [1.54, 1.807) is 30.3 Å². The Kier molecular flexibility index (Phi) is 7.69. The number of amides is 1. The van der Waals surface area contributed by atoms with Crippen molar-refractivity contribution in [2.45, 2.75) is 20.0 Å². The highest BCUT2D eigenvalue weighted by Crippen LogP contribution is 2.35. The molecule has 0 saturated heterocycles. The van der Waals surface area contributed by atoms with Crippen LogP contribution in [0.5, 0.6) is 5.75 Å². The van der Waals surface area contributed by atoms with E-state index in [1.807, 2.05) is 26.0 Å². The van der Waals surface area contributed by atoms with Crippen molar-refractivity contribution in [3.05, 3.63) is 93.0 Å². The smallest absolute Gasteiger partial charge is 0.416 e. The average molecular weight is 486 g/mol. The maximum absolute atomic E-state index is 12.8. The van der Waals surface area contributed by atoms with E-state index in [9.17, 15) is 28.1 Å². The minimum atomic E-state index is -4.71. The van der Waals surface area contributed by atoms with Crippen molar-refractivity contribution >= 4 is 29.2 Å². The number of rotatable bonds is 8. The van der Waals surface area contributed by atoms with Gasteiger partial charge in [-0.15, -0.1) is 0 Å². The summed E-state index contributed by atoms with van der Waals surface area (Å²) in [5, 5.41) is 17.8. The lowest BCUT2D eigenvalue weighted by Crippen LogP contribution is -2.20. The summed E-state index contributed by atoms with van der Waals surface area (Å²) in [6.07, 6.45) is -3.40. The van der Waals surface area contributed by atoms with Crippen LogP contribution in [-0.4, -0.2) is 23.7 Å². The zero-order valence-corrected chi connectivity index (χ0v) is 18.7. The summed E-state index contributed by atoms with van der Waals surface area (Å²) in [5.74, 6) is 0.0355. The van der Waals surface area contributed by atoms with Crippen molar-refractivity contribution in [2.75, 3.05) is 17.3 Å². The molecule has 0 aliphatic heterocycles. The van der Waals surface area contributed by atoms with Crippen molar-refractivity contribution < 1.29 is 27.6 Å². The first-order valence-electron chi connectivity index (χ1n) is 10.3. The molecule has 0 aliphatic rings. The van der Waals surface area contributed by atoms with Crippen LogP contribution < -0.4 is 15.5 Å². The minimum absolute atomic E-state index is 0.199. The number of halogens is 3. The van der Waals surface area contributed by atoms with E-state index in [2.05, 4.69) is 15.8 Å². The first-order valence-corrected chi connectivity index (χ1v) is 10.3. The highest BCUT2D eigenvalue weighted by Gasteiger charge is 2.33. The number of nitro groups is 1. The van der Waals surface area contributed by atoms with Crippen LogP contribution in [0.25, 0.3) is 0 Å². The lowest BCUT2D eigenvalue weighted by atomic mass is 10.1. The van der Waals surface area contributed by atoms with Gasteiger partial charge in [-0.1, -0.05) is 18.2 Å². The predicted octanol–water partition coefficient (Wildman–Crippen LogP) is 5.69. The molecule has 8 nitrogen and oxygen atoms in total. The number of aryl methyl sites for hydroxylation is 2. The van der Waals surface area contributed by atoms with E-state index in [0.717, 1.165) is 23.3 Å². The molecule has 35 heavy (non-hydrogen) atoms. The van der Waals surface area contributed by atoms with Crippen LogP contribution in [0.2, 0.25) is 0 Å². The average Bonchev–Trinajstić information content (AvgIpc) is 2.80. The largest absolute Gasteiger partial charge is 0.484 e. The minimum Gasteiger partial charge on any atom is -0.484 e. The molecule has 3 rings (SSSR count). The highest BCUT2D eigenvalue weighted by molar-refractivity contribution is 5.92. The maximum atomic E-state index is 12.8. The third-order valence-corrected chi connectivity index (χ3v) is 4.94. The molecule has 0 atom stereocenters. The molecule has 0 spiro atoms. The maximum Gasteiger partial charge on any atom is 0.416 e. The van der Waals surface area contributed by atoms with Crippen molar-refractivity contribution in [3.63, 3.8) is 0 Å². The van der Waals surface area contributed by atoms with Gasteiger partial charge in [-0.2, -0.15) is 18.3 Å². The zero-order chi connectivity index (χ0) is 25.6. The SMILES string of the molecule is Cc1ccc(NC(=O)COc2cccc(/C=N/Nc3ccc(C(F)(F)F)cc3[N+](=O)[O-])c2)cc1C. The number of carbonyl (C=O) groups is 1. The fourth-order valence-electron chi connectivity index (χ4n) is 2.98. The van der Waals surface area contributed by atoms with Gasteiger partial charge in [-0.05, 0) is 66.9 Å². The van der Waals surface area contributed by atoms with E-state index in [1.165, 1.54) is 6.21 Å². The van der Waals surface area contributed by atoms with E-state index < -0.39 is 22.4 Å². The van der Waals surface area contributed by atoms with Gasteiger partial charge in [0.25, 0.3) is 11.6 Å². The summed E-state index contributed by atoms with van der Waals surface area (Å²) in [7, 11) is 0. The fourth-order valence-corrected chi connectivity index (χ4v) is 2.98. The number of nitrogens with zero attached hydrogens (tertiary/aromatic N) is 2. The number of hydrogen-bond acceptors (Lipinski definition) is 6. The first kappa shape index (κ1) is 25.2. The molecule has 3 aromatic carbocycles. The van der Waals surface area contributed by atoms with Gasteiger partial charge in [0.05, 0.1) is 16.7 Å². The van der Waals surface area contributed by atoms with Gasteiger partial charge in [-0.25, -0.2) is 0 Å². The van der Waals surface area contributed by atoms with E-state index in [4.69, 9.17) is 4.74 Å². The second-order valence-electron chi connectivity index (χ2n) is 7.57. The highest BCUT2D eigenvalue weighted by atomic mass is 19.4. The number of ether oxygens (including phenoxy) is 1. The van der Waals surface area contributed by atoms with Crippen molar-refractivity contribution in [1.82, 2.24) is 0 Å². The van der Waals surface area contributed by atoms with Crippen molar-refractivity contribution in [1.29, 1.82) is 0 Å². The van der Waals surface area contributed by atoms with Crippen LogP contribution in [0, 0.1) is 24.0 Å². The Bertz CT molecular complexity index is 1280. The van der Waals surface area contributed by atoms with Gasteiger partial charge in [0.15, 0.2) is 6.61 Å². The molecule has 182 valence electrons. The molecule has 0 fully saturated rings. The molecule has 1 amide bonds. The zero-order valence-electron chi connectivity index (χ0n) is 18.7. The molecule has 0 aliphatic carbocycles. The second-order valence-corrected chi connectivity index (χ2v) is 7.57. The van der Waals surface area contributed by atoms with Crippen molar-refractivity contribution in [3.8, 4) is 5.75 Å². The van der Waals surface area contributed by atoms with Crippen LogP contribution in [-0.2, 0) is 11.0 Å². The molecule has 0 saturated carbocycles. The first-order chi connectivity index (χ1) is 16.5. The Morgan fingerprint density at radius 2 is 1.86 bits per heavy atom. The van der Waals surface area contributed by atoms with Crippen LogP contribution in [0.1, 0.15) is 22.3 Å². The quantitative estimate of drug-likeness (QED) is 0.242. The summed E-state index contributed by atoms with van der Waals surface area (Å²) in [5.41, 5.74) is 3.63. The molecule has 0 radical (unpaired) electrons. The van der Waals surface area contributed by atoms with E-state index in [-0.39, 0.29) is 18.2 Å². The number of alkyl halides is 3.